The molecule has 0 bridgehead atoms. The second-order valence-corrected chi connectivity index (χ2v) is 4.29. The van der Waals surface area contributed by atoms with Crippen molar-refractivity contribution in [2.24, 2.45) is 0 Å². The molecule has 5 heteroatoms. The monoisotopic (exact) mass is 297 g/mol. The zero-order chi connectivity index (χ0) is 12.8. The number of halogens is 1. The van der Waals surface area contributed by atoms with Gasteiger partial charge in [-0.2, -0.15) is 5.26 Å². The number of esters is 1. The van der Waals surface area contributed by atoms with Crippen molar-refractivity contribution < 1.29 is 14.3 Å². The molecule has 0 saturated heterocycles. The molecular weight excluding hydrogens is 286 g/mol. The van der Waals surface area contributed by atoms with Crippen LogP contribution in [0.1, 0.15) is 19.4 Å². The number of carbonyl (C=O) groups excluding carboxylic acids is 1. The molecule has 1 rings (SSSR count). The highest BCUT2D eigenvalue weighted by atomic mass is 79.9. The van der Waals surface area contributed by atoms with E-state index in [0.717, 1.165) is 0 Å². The van der Waals surface area contributed by atoms with E-state index in [1.807, 2.05) is 6.07 Å². The van der Waals surface area contributed by atoms with Crippen LogP contribution in [0.25, 0.3) is 0 Å². The zero-order valence-corrected chi connectivity index (χ0v) is 11.1. The predicted molar refractivity (Wildman–Crippen MR) is 65.7 cm³/mol. The average molecular weight is 298 g/mol. The molecule has 0 saturated carbocycles. The Labute approximate surface area is 108 Å². The van der Waals surface area contributed by atoms with Gasteiger partial charge in [-0.3, -0.25) is 4.79 Å². The standard InChI is InChI=1S/C12H12BrNO3/c1-8(16-9(2)15)12(13)17-11-6-4-3-5-10(11)7-14/h3-6,8,12H,1-2H3. The Morgan fingerprint density at radius 1 is 1.47 bits per heavy atom. The minimum Gasteiger partial charge on any atom is -0.474 e. The molecule has 0 aliphatic carbocycles. The van der Waals surface area contributed by atoms with Crippen LogP contribution in [-0.2, 0) is 9.53 Å². The molecule has 0 amide bonds. The van der Waals surface area contributed by atoms with Crippen molar-refractivity contribution in [2.75, 3.05) is 0 Å². The van der Waals surface area contributed by atoms with Crippen LogP contribution < -0.4 is 4.74 Å². The van der Waals surface area contributed by atoms with E-state index in [2.05, 4.69) is 15.9 Å². The van der Waals surface area contributed by atoms with Crippen molar-refractivity contribution in [3.63, 3.8) is 0 Å². The lowest BCUT2D eigenvalue weighted by Crippen LogP contribution is -2.28. The molecule has 1 aromatic rings. The van der Waals surface area contributed by atoms with Gasteiger partial charge in [0.25, 0.3) is 0 Å². The largest absolute Gasteiger partial charge is 0.474 e. The van der Waals surface area contributed by atoms with Gasteiger partial charge in [-0.05, 0) is 35.0 Å². The summed E-state index contributed by atoms with van der Waals surface area (Å²) in [4.78, 5) is 10.8. The second-order valence-electron chi connectivity index (χ2n) is 3.39. The number of nitrogens with zero attached hydrogens (tertiary/aromatic N) is 1. The first-order chi connectivity index (χ1) is 8.04. The smallest absolute Gasteiger partial charge is 0.303 e. The summed E-state index contributed by atoms with van der Waals surface area (Å²) < 4.78 is 10.5. The molecular formula is C12H12BrNO3. The maximum atomic E-state index is 10.8. The van der Waals surface area contributed by atoms with Gasteiger partial charge < -0.3 is 9.47 Å². The van der Waals surface area contributed by atoms with Crippen LogP contribution >= 0.6 is 15.9 Å². The maximum absolute atomic E-state index is 10.8. The fourth-order valence-corrected chi connectivity index (χ4v) is 1.50. The highest BCUT2D eigenvalue weighted by Crippen LogP contribution is 2.22. The van der Waals surface area contributed by atoms with E-state index in [0.29, 0.717) is 11.3 Å². The van der Waals surface area contributed by atoms with Crippen molar-refractivity contribution in [1.82, 2.24) is 0 Å². The van der Waals surface area contributed by atoms with E-state index in [9.17, 15) is 4.79 Å². The molecule has 0 spiro atoms. The first-order valence-electron chi connectivity index (χ1n) is 5.01. The third-order valence-corrected chi connectivity index (χ3v) is 2.90. The minimum atomic E-state index is -0.499. The van der Waals surface area contributed by atoms with Gasteiger partial charge in [0.05, 0.1) is 5.56 Å². The van der Waals surface area contributed by atoms with Gasteiger partial charge >= 0.3 is 5.97 Å². The van der Waals surface area contributed by atoms with E-state index < -0.39 is 11.1 Å². The van der Waals surface area contributed by atoms with Gasteiger partial charge in [0, 0.05) is 6.92 Å². The molecule has 0 aromatic heterocycles. The lowest BCUT2D eigenvalue weighted by atomic mass is 10.2. The molecule has 17 heavy (non-hydrogen) atoms. The predicted octanol–water partition coefficient (Wildman–Crippen LogP) is 2.61. The number of benzene rings is 1. The fourth-order valence-electron chi connectivity index (χ4n) is 1.19. The first kappa shape index (κ1) is 13.5. The zero-order valence-electron chi connectivity index (χ0n) is 9.51. The Bertz CT molecular complexity index is 442. The summed E-state index contributed by atoms with van der Waals surface area (Å²) in [6.07, 6.45) is -0.445. The third-order valence-electron chi connectivity index (χ3n) is 1.97. The van der Waals surface area contributed by atoms with Gasteiger partial charge in [0.1, 0.15) is 17.9 Å². The van der Waals surface area contributed by atoms with Gasteiger partial charge in [-0.1, -0.05) is 12.1 Å². The van der Waals surface area contributed by atoms with Gasteiger partial charge in [-0.25, -0.2) is 0 Å². The van der Waals surface area contributed by atoms with Crippen molar-refractivity contribution in [2.45, 2.75) is 25.0 Å². The number of para-hydroxylation sites is 1. The molecule has 1 aromatic carbocycles. The number of ether oxygens (including phenoxy) is 2. The molecule has 0 aliphatic heterocycles. The maximum Gasteiger partial charge on any atom is 0.303 e. The van der Waals surface area contributed by atoms with Gasteiger partial charge in [0.15, 0.2) is 5.01 Å². The Hall–Kier alpha value is -1.54. The Morgan fingerprint density at radius 2 is 2.12 bits per heavy atom. The number of carbonyl (C=O) groups is 1. The van der Waals surface area contributed by atoms with Crippen LogP contribution in [0.3, 0.4) is 0 Å². The molecule has 0 heterocycles. The minimum absolute atomic E-state index is 0.376. The van der Waals surface area contributed by atoms with Crippen LogP contribution in [0.2, 0.25) is 0 Å². The lowest BCUT2D eigenvalue weighted by Gasteiger charge is -2.20. The number of rotatable bonds is 4. The van der Waals surface area contributed by atoms with Crippen molar-refractivity contribution in [3.05, 3.63) is 29.8 Å². The Balaban J connectivity index is 2.71. The first-order valence-corrected chi connectivity index (χ1v) is 5.93. The molecule has 0 aliphatic rings. The Morgan fingerprint density at radius 3 is 2.71 bits per heavy atom. The van der Waals surface area contributed by atoms with Gasteiger partial charge in [-0.15, -0.1) is 0 Å². The summed E-state index contributed by atoms with van der Waals surface area (Å²) in [5, 5.41) is 8.39. The van der Waals surface area contributed by atoms with Crippen LogP contribution in [0.15, 0.2) is 24.3 Å². The summed E-state index contributed by atoms with van der Waals surface area (Å²) >= 11 is 3.26. The molecule has 0 fully saturated rings. The molecule has 90 valence electrons. The van der Waals surface area contributed by atoms with Crippen molar-refractivity contribution >= 4 is 21.9 Å². The molecule has 2 unspecified atom stereocenters. The molecule has 0 N–H and O–H groups in total. The van der Waals surface area contributed by atoms with E-state index in [1.165, 1.54) is 6.92 Å². The summed E-state index contributed by atoms with van der Waals surface area (Å²) in [6, 6.07) is 8.90. The molecule has 4 nitrogen and oxygen atoms in total. The van der Waals surface area contributed by atoms with Crippen molar-refractivity contribution in [3.8, 4) is 11.8 Å². The molecule has 2 atom stereocenters. The number of alkyl halides is 1. The quantitative estimate of drug-likeness (QED) is 0.633. The van der Waals surface area contributed by atoms with Crippen LogP contribution in [0.4, 0.5) is 0 Å². The lowest BCUT2D eigenvalue weighted by molar-refractivity contribution is -0.147. The summed E-state index contributed by atoms with van der Waals surface area (Å²) in [5.41, 5.74) is 0.437. The van der Waals surface area contributed by atoms with E-state index in [1.54, 1.807) is 31.2 Å². The van der Waals surface area contributed by atoms with Crippen molar-refractivity contribution in [1.29, 1.82) is 5.26 Å². The van der Waals surface area contributed by atoms with Gasteiger partial charge in [0.2, 0.25) is 0 Å². The highest BCUT2D eigenvalue weighted by molar-refractivity contribution is 9.09. The third kappa shape index (κ3) is 4.08. The topological polar surface area (TPSA) is 59.3 Å². The van der Waals surface area contributed by atoms with E-state index >= 15 is 0 Å². The summed E-state index contributed by atoms with van der Waals surface area (Å²) in [6.45, 7) is 3.04. The number of hydrogen-bond acceptors (Lipinski definition) is 4. The fraction of sp³-hybridized carbons (Fsp3) is 0.333. The number of nitriles is 1. The van der Waals surface area contributed by atoms with E-state index in [-0.39, 0.29) is 5.97 Å². The van der Waals surface area contributed by atoms with Crippen LogP contribution in [0.5, 0.6) is 5.75 Å². The normalized spacial score (nSPS) is 13.3. The summed E-state index contributed by atoms with van der Waals surface area (Å²) in [7, 11) is 0. The second kappa shape index (κ2) is 6.26. The Kier molecular flexibility index (Phi) is 4.98. The van der Waals surface area contributed by atoms with Crippen LogP contribution in [-0.4, -0.2) is 17.1 Å². The SMILES string of the molecule is CC(=O)OC(C)C(Br)Oc1ccccc1C#N. The summed E-state index contributed by atoms with van der Waals surface area (Å²) in [5.74, 6) is 0.0787. The molecule has 0 radical (unpaired) electrons. The number of hydrogen-bond donors (Lipinski definition) is 0. The average Bonchev–Trinajstić information content (AvgIpc) is 2.28. The van der Waals surface area contributed by atoms with Crippen LogP contribution in [0, 0.1) is 11.3 Å². The highest BCUT2D eigenvalue weighted by Gasteiger charge is 2.19. The van der Waals surface area contributed by atoms with E-state index in [4.69, 9.17) is 14.7 Å².